The summed E-state index contributed by atoms with van der Waals surface area (Å²) in [6.07, 6.45) is -2.49. The maximum Gasteiger partial charge on any atom is 0.328 e. The Hall–Kier alpha value is -3.22. The van der Waals surface area contributed by atoms with Crippen molar-refractivity contribution >= 4 is 23.7 Å². The van der Waals surface area contributed by atoms with E-state index in [0.29, 0.717) is 5.56 Å². The standard InChI is InChI=1S/C23H36N4O8/c1-11(2)9-17(21(32)27-19(13(4)29)23(34)35)25-22(33)18(12(3)28)26-20(31)16(24)10-14-5-7-15(30)8-6-14/h5-8,11-13,16-19,28-30H,9-10,24H2,1-4H3,(H,25,33)(H,26,31)(H,27,32)(H,34,35). The second-order valence-electron chi connectivity index (χ2n) is 8.96. The summed E-state index contributed by atoms with van der Waals surface area (Å²) in [5.41, 5.74) is 6.60. The number of amides is 3. The molecule has 0 spiro atoms. The monoisotopic (exact) mass is 496 g/mol. The van der Waals surface area contributed by atoms with Crippen LogP contribution in [0.25, 0.3) is 0 Å². The topological polar surface area (TPSA) is 211 Å². The van der Waals surface area contributed by atoms with Gasteiger partial charge in [-0.25, -0.2) is 4.79 Å². The fraction of sp³-hybridized carbons (Fsp3) is 0.565. The highest BCUT2D eigenvalue weighted by molar-refractivity contribution is 5.94. The molecular weight excluding hydrogens is 460 g/mol. The zero-order valence-corrected chi connectivity index (χ0v) is 20.3. The van der Waals surface area contributed by atoms with Crippen molar-refractivity contribution in [2.45, 2.75) is 76.9 Å². The normalized spacial score (nSPS) is 16.3. The highest BCUT2D eigenvalue weighted by Crippen LogP contribution is 2.11. The molecule has 0 aromatic heterocycles. The van der Waals surface area contributed by atoms with Gasteiger partial charge in [-0.3, -0.25) is 14.4 Å². The van der Waals surface area contributed by atoms with E-state index >= 15 is 0 Å². The first-order valence-electron chi connectivity index (χ1n) is 11.3. The molecular formula is C23H36N4O8. The predicted octanol–water partition coefficient (Wildman–Crippen LogP) is -1.39. The van der Waals surface area contributed by atoms with Gasteiger partial charge in [0.05, 0.1) is 18.2 Å². The first-order chi connectivity index (χ1) is 16.2. The van der Waals surface area contributed by atoms with E-state index in [1.54, 1.807) is 26.0 Å². The lowest BCUT2D eigenvalue weighted by atomic mass is 10.0. The molecule has 196 valence electrons. The van der Waals surface area contributed by atoms with Crippen molar-refractivity contribution in [2.75, 3.05) is 0 Å². The Morgan fingerprint density at radius 3 is 1.80 bits per heavy atom. The summed E-state index contributed by atoms with van der Waals surface area (Å²) in [6, 6.07) is 0.790. The van der Waals surface area contributed by atoms with Gasteiger partial charge >= 0.3 is 5.97 Å². The van der Waals surface area contributed by atoms with Crippen LogP contribution in [0, 0.1) is 5.92 Å². The number of carboxylic acid groups (broad SMARTS) is 1. The van der Waals surface area contributed by atoms with E-state index in [1.807, 2.05) is 0 Å². The average Bonchev–Trinajstić information content (AvgIpc) is 2.75. The van der Waals surface area contributed by atoms with Crippen LogP contribution < -0.4 is 21.7 Å². The zero-order valence-electron chi connectivity index (χ0n) is 20.3. The van der Waals surface area contributed by atoms with Crippen molar-refractivity contribution < 1.29 is 39.6 Å². The Morgan fingerprint density at radius 2 is 1.34 bits per heavy atom. The number of carboxylic acids is 1. The van der Waals surface area contributed by atoms with Crippen molar-refractivity contribution in [1.82, 2.24) is 16.0 Å². The van der Waals surface area contributed by atoms with E-state index in [2.05, 4.69) is 16.0 Å². The van der Waals surface area contributed by atoms with Gasteiger partial charge in [0.15, 0.2) is 6.04 Å². The number of rotatable bonds is 13. The van der Waals surface area contributed by atoms with Crippen LogP contribution >= 0.6 is 0 Å². The van der Waals surface area contributed by atoms with Crippen LogP contribution in [0.1, 0.15) is 39.7 Å². The van der Waals surface area contributed by atoms with Crippen molar-refractivity contribution in [2.24, 2.45) is 11.7 Å². The Bertz CT molecular complexity index is 873. The van der Waals surface area contributed by atoms with E-state index in [0.717, 1.165) is 0 Å². The average molecular weight is 497 g/mol. The van der Waals surface area contributed by atoms with Gasteiger partial charge in [0.1, 0.15) is 17.8 Å². The van der Waals surface area contributed by atoms with Gasteiger partial charge in [0.2, 0.25) is 17.7 Å². The molecule has 0 bridgehead atoms. The molecule has 9 N–H and O–H groups in total. The lowest BCUT2D eigenvalue weighted by Gasteiger charge is -2.27. The molecule has 3 amide bonds. The summed E-state index contributed by atoms with van der Waals surface area (Å²) in [7, 11) is 0. The maximum absolute atomic E-state index is 12.9. The largest absolute Gasteiger partial charge is 0.508 e. The SMILES string of the molecule is CC(C)CC(NC(=O)C(NC(=O)C(N)Cc1ccc(O)cc1)C(C)O)C(=O)NC(C(=O)O)C(C)O. The summed E-state index contributed by atoms with van der Waals surface area (Å²) in [5, 5.41) is 45.3. The molecule has 0 aliphatic carbocycles. The minimum Gasteiger partial charge on any atom is -0.508 e. The number of aliphatic carboxylic acids is 1. The molecule has 0 fully saturated rings. The number of phenols is 1. The third kappa shape index (κ3) is 9.89. The summed E-state index contributed by atoms with van der Waals surface area (Å²) in [6.45, 7) is 6.05. The minimum absolute atomic E-state index is 0.0562. The number of hydrogen-bond donors (Lipinski definition) is 8. The fourth-order valence-corrected chi connectivity index (χ4v) is 3.25. The fourth-order valence-electron chi connectivity index (χ4n) is 3.25. The van der Waals surface area contributed by atoms with Crippen LogP contribution in [-0.4, -0.2) is 80.5 Å². The second-order valence-corrected chi connectivity index (χ2v) is 8.96. The number of carbonyl (C=O) groups excluding carboxylic acids is 3. The first-order valence-corrected chi connectivity index (χ1v) is 11.3. The summed E-state index contributed by atoms with van der Waals surface area (Å²) in [5.74, 6) is -3.89. The molecule has 12 nitrogen and oxygen atoms in total. The van der Waals surface area contributed by atoms with E-state index in [9.17, 15) is 39.6 Å². The Morgan fingerprint density at radius 1 is 0.829 bits per heavy atom. The van der Waals surface area contributed by atoms with Crippen LogP contribution in [-0.2, 0) is 25.6 Å². The molecule has 1 rings (SSSR count). The Labute approximate surface area is 203 Å². The van der Waals surface area contributed by atoms with Crippen LogP contribution in [0.4, 0.5) is 0 Å². The molecule has 0 heterocycles. The van der Waals surface area contributed by atoms with E-state index in [1.165, 1.54) is 26.0 Å². The van der Waals surface area contributed by atoms with Crippen LogP contribution in [0.2, 0.25) is 0 Å². The maximum atomic E-state index is 12.9. The molecule has 12 heteroatoms. The molecule has 0 aliphatic heterocycles. The number of aliphatic hydroxyl groups excluding tert-OH is 2. The number of hydrogen-bond acceptors (Lipinski definition) is 8. The number of nitrogens with one attached hydrogen (secondary N) is 3. The Kier molecular flexibility index (Phi) is 11.6. The van der Waals surface area contributed by atoms with Gasteiger partial charge in [0, 0.05) is 0 Å². The molecule has 0 saturated carbocycles. The van der Waals surface area contributed by atoms with Gasteiger partial charge in [-0.05, 0) is 50.3 Å². The number of nitrogens with two attached hydrogens (primary N) is 1. The molecule has 35 heavy (non-hydrogen) atoms. The van der Waals surface area contributed by atoms with Crippen molar-refractivity contribution in [3.63, 3.8) is 0 Å². The van der Waals surface area contributed by atoms with Gasteiger partial charge < -0.3 is 42.1 Å². The highest BCUT2D eigenvalue weighted by Gasteiger charge is 2.33. The number of aromatic hydroxyl groups is 1. The molecule has 6 unspecified atom stereocenters. The summed E-state index contributed by atoms with van der Waals surface area (Å²) < 4.78 is 0. The first kappa shape index (κ1) is 29.8. The molecule has 1 aromatic carbocycles. The van der Waals surface area contributed by atoms with E-state index < -0.39 is 60.1 Å². The summed E-state index contributed by atoms with van der Waals surface area (Å²) >= 11 is 0. The number of aliphatic hydroxyl groups is 2. The lowest BCUT2D eigenvalue weighted by Crippen LogP contribution is -2.60. The minimum atomic E-state index is -1.58. The Balaban J connectivity index is 2.92. The van der Waals surface area contributed by atoms with Gasteiger partial charge in [-0.2, -0.15) is 0 Å². The van der Waals surface area contributed by atoms with Crippen LogP contribution in [0.15, 0.2) is 24.3 Å². The quantitative estimate of drug-likeness (QED) is 0.161. The summed E-state index contributed by atoms with van der Waals surface area (Å²) in [4.78, 5) is 49.5. The third-order valence-electron chi connectivity index (χ3n) is 5.18. The predicted molar refractivity (Wildman–Crippen MR) is 126 cm³/mol. The molecule has 0 radical (unpaired) electrons. The molecule has 1 aromatic rings. The number of phenolic OH excluding ortho intramolecular Hbond substituents is 1. The smallest absolute Gasteiger partial charge is 0.328 e. The van der Waals surface area contributed by atoms with E-state index in [4.69, 9.17) is 5.73 Å². The van der Waals surface area contributed by atoms with Crippen molar-refractivity contribution in [1.29, 1.82) is 0 Å². The third-order valence-corrected chi connectivity index (χ3v) is 5.18. The van der Waals surface area contributed by atoms with Crippen molar-refractivity contribution in [3.8, 4) is 5.75 Å². The van der Waals surface area contributed by atoms with Crippen molar-refractivity contribution in [3.05, 3.63) is 29.8 Å². The van der Waals surface area contributed by atoms with Gasteiger partial charge in [-0.15, -0.1) is 0 Å². The van der Waals surface area contributed by atoms with E-state index in [-0.39, 0.29) is 24.5 Å². The van der Waals surface area contributed by atoms with Gasteiger partial charge in [-0.1, -0.05) is 26.0 Å². The molecule has 6 atom stereocenters. The lowest BCUT2D eigenvalue weighted by molar-refractivity contribution is -0.145. The molecule has 0 saturated heterocycles. The number of carbonyl (C=O) groups is 4. The number of benzene rings is 1. The van der Waals surface area contributed by atoms with Crippen LogP contribution in [0.3, 0.4) is 0 Å². The zero-order chi connectivity index (χ0) is 26.9. The van der Waals surface area contributed by atoms with Crippen LogP contribution in [0.5, 0.6) is 5.75 Å². The van der Waals surface area contributed by atoms with Gasteiger partial charge in [0.25, 0.3) is 0 Å². The highest BCUT2D eigenvalue weighted by atomic mass is 16.4. The second kappa shape index (κ2) is 13.6. The molecule has 0 aliphatic rings.